The maximum atomic E-state index is 0. The third-order valence-electron chi connectivity index (χ3n) is 0. The zero-order chi connectivity index (χ0) is 0. The quantitative estimate of drug-likeness (QED) is 0.448. The molecule has 0 atom stereocenters. The summed E-state index contributed by atoms with van der Waals surface area (Å²) in [5, 5.41) is 0. The van der Waals surface area contributed by atoms with Crippen LogP contribution in [0.5, 0.6) is 0 Å². The van der Waals surface area contributed by atoms with E-state index < -0.39 is 0 Å². The molecule has 47 valence electrons. The van der Waals surface area contributed by atoms with Gasteiger partial charge in [0.25, 0.3) is 0 Å². The molecule has 0 rings (SSSR count). The largest absolute Gasteiger partial charge is 3.00 e. The summed E-state index contributed by atoms with van der Waals surface area (Å²) in [4.78, 5) is 0. The van der Waals surface area contributed by atoms with Gasteiger partial charge in [-0.1, -0.05) is 0 Å². The van der Waals surface area contributed by atoms with Crippen LogP contribution in [0, 0.1) is 38.2 Å². The van der Waals surface area contributed by atoms with Crippen LogP contribution in [0.4, 0.5) is 0 Å². The summed E-state index contributed by atoms with van der Waals surface area (Å²) in [5.74, 6) is 0. The van der Waals surface area contributed by atoms with Crippen molar-refractivity contribution >= 4 is 0 Å². The second-order valence-corrected chi connectivity index (χ2v) is 0. The molecule has 6 heteroatoms. The Morgan fingerprint density at radius 2 is 0.667 bits per heavy atom. The van der Waals surface area contributed by atoms with E-state index in [4.69, 9.17) is 0 Å². The molecule has 0 aromatic rings. The van der Waals surface area contributed by atoms with Crippen LogP contribution in [0.2, 0.25) is 0 Å². The molecular weight excluding hydrogens is 242 g/mol. The van der Waals surface area contributed by atoms with Crippen LogP contribution >= 0.6 is 0 Å². The van der Waals surface area contributed by atoms with Crippen molar-refractivity contribution in [2.24, 2.45) is 0 Å². The molecule has 7 N–H and O–H groups in total. The molecule has 0 fully saturated rings. The fourth-order valence-corrected chi connectivity index (χ4v) is 0. The first kappa shape index (κ1) is 227. The minimum Gasteiger partial charge on any atom is -2.00 e. The molecule has 0 aromatic heterocycles. The SMILES string of the molecule is O.O.O.[Dy+3].[O-2].[OH-]. The van der Waals surface area contributed by atoms with E-state index in [9.17, 15) is 0 Å². The molecule has 0 bridgehead atoms. The van der Waals surface area contributed by atoms with E-state index in [2.05, 4.69) is 0 Å². The molecule has 0 aliphatic rings. The van der Waals surface area contributed by atoms with Crippen LogP contribution in [0.25, 0.3) is 0 Å². The monoisotopic (exact) mass is 251 g/mol. The van der Waals surface area contributed by atoms with E-state index >= 15 is 0 Å². The van der Waals surface area contributed by atoms with Gasteiger partial charge in [0.05, 0.1) is 0 Å². The van der Waals surface area contributed by atoms with Crippen molar-refractivity contribution in [1.29, 1.82) is 0 Å². The fourth-order valence-electron chi connectivity index (χ4n) is 0. The minimum absolute atomic E-state index is 0. The molecule has 0 saturated heterocycles. The van der Waals surface area contributed by atoms with Crippen LogP contribution in [0.1, 0.15) is 0 Å². The molecular formula is H7DyO5. The summed E-state index contributed by atoms with van der Waals surface area (Å²) >= 11 is 0. The number of hydrogen-bond acceptors (Lipinski definition) is 1. The molecule has 6 heavy (non-hydrogen) atoms. The maximum Gasteiger partial charge on any atom is 3.00 e. The Morgan fingerprint density at radius 3 is 0.667 bits per heavy atom. The Bertz CT molecular complexity index is 3.90. The van der Waals surface area contributed by atoms with Gasteiger partial charge in [-0.15, -0.1) is 0 Å². The van der Waals surface area contributed by atoms with Gasteiger partial charge < -0.3 is 27.4 Å². The zero-order valence-corrected chi connectivity index (χ0v) is 4.70. The van der Waals surface area contributed by atoms with Crippen LogP contribution in [-0.2, 0) is 5.48 Å². The molecule has 5 nitrogen and oxygen atoms in total. The first-order valence-electron chi connectivity index (χ1n) is 0. The van der Waals surface area contributed by atoms with Gasteiger partial charge in [-0.2, -0.15) is 0 Å². The van der Waals surface area contributed by atoms with E-state index in [1.54, 1.807) is 0 Å². The predicted octanol–water partition coefficient (Wildman–Crippen LogP) is -2.77. The van der Waals surface area contributed by atoms with Crippen molar-refractivity contribution in [2.75, 3.05) is 0 Å². The molecule has 0 spiro atoms. The van der Waals surface area contributed by atoms with Crippen molar-refractivity contribution in [3.05, 3.63) is 0 Å². The van der Waals surface area contributed by atoms with Crippen molar-refractivity contribution in [3.8, 4) is 0 Å². The normalized spacial score (nSPS) is 0. The Kier molecular flexibility index (Phi) is 5130. The van der Waals surface area contributed by atoms with E-state index in [0.29, 0.717) is 0 Å². The van der Waals surface area contributed by atoms with Crippen LogP contribution in [-0.4, -0.2) is 21.9 Å². The average molecular weight is 250 g/mol. The van der Waals surface area contributed by atoms with Gasteiger partial charge in [-0.25, -0.2) is 0 Å². The second kappa shape index (κ2) is 136. The van der Waals surface area contributed by atoms with Gasteiger partial charge in [0, 0.05) is 0 Å². The van der Waals surface area contributed by atoms with Crippen LogP contribution in [0.15, 0.2) is 0 Å². The first-order chi connectivity index (χ1) is 0. The Labute approximate surface area is 65.3 Å². The van der Waals surface area contributed by atoms with E-state index in [1.165, 1.54) is 0 Å². The summed E-state index contributed by atoms with van der Waals surface area (Å²) in [7, 11) is 0. The summed E-state index contributed by atoms with van der Waals surface area (Å²) < 4.78 is 0. The zero-order valence-electron chi connectivity index (χ0n) is 2.67. The Morgan fingerprint density at radius 1 is 0.667 bits per heavy atom. The second-order valence-electron chi connectivity index (χ2n) is 0. The third kappa shape index (κ3) is 73.1. The number of hydrogen-bond donors (Lipinski definition) is 0. The molecule has 0 unspecified atom stereocenters. The van der Waals surface area contributed by atoms with Gasteiger partial charge in [-0.05, 0) is 0 Å². The molecule has 1 radical (unpaired) electrons. The molecule has 0 saturated carbocycles. The first-order valence-corrected chi connectivity index (χ1v) is 0. The third-order valence-corrected chi connectivity index (χ3v) is 0. The van der Waals surface area contributed by atoms with Crippen LogP contribution in [0.3, 0.4) is 0 Å². The molecule has 0 amide bonds. The topological polar surface area (TPSA) is 153 Å². The summed E-state index contributed by atoms with van der Waals surface area (Å²) in [6, 6.07) is 0. The van der Waals surface area contributed by atoms with Crippen LogP contribution < -0.4 is 0 Å². The number of rotatable bonds is 0. The molecule has 0 aliphatic heterocycles. The predicted molar refractivity (Wildman–Crippen MR) is 13.5 cm³/mol. The Hall–Kier alpha value is 1.07. The molecule has 0 aliphatic carbocycles. The summed E-state index contributed by atoms with van der Waals surface area (Å²) in [5.41, 5.74) is 0. The van der Waals surface area contributed by atoms with E-state index in [0.717, 1.165) is 0 Å². The van der Waals surface area contributed by atoms with Gasteiger partial charge in [0.15, 0.2) is 0 Å². The maximum absolute atomic E-state index is 0. The van der Waals surface area contributed by atoms with Crippen molar-refractivity contribution < 1.29 is 65.6 Å². The summed E-state index contributed by atoms with van der Waals surface area (Å²) in [6.45, 7) is 0. The standard InChI is InChI=1S/Dy.4H2O.O/h;4*1H2;/q+3;;;;;-2/p-1. The van der Waals surface area contributed by atoms with Gasteiger partial charge in [0.1, 0.15) is 0 Å². The minimum atomic E-state index is 0. The van der Waals surface area contributed by atoms with Gasteiger partial charge in [-0.3, -0.25) is 0 Å². The average Bonchev–Trinajstić information content (AvgIpc) is 0. The summed E-state index contributed by atoms with van der Waals surface area (Å²) in [6.07, 6.45) is 0. The van der Waals surface area contributed by atoms with Gasteiger partial charge >= 0.3 is 38.2 Å². The smallest absolute Gasteiger partial charge is 2.00 e. The Balaban J connectivity index is 0. The molecule has 0 aromatic carbocycles. The van der Waals surface area contributed by atoms with Gasteiger partial charge in [0.2, 0.25) is 0 Å². The fraction of sp³-hybridized carbons (Fsp3) is 0. The van der Waals surface area contributed by atoms with E-state index in [-0.39, 0.29) is 65.6 Å². The van der Waals surface area contributed by atoms with E-state index in [1.807, 2.05) is 0 Å². The van der Waals surface area contributed by atoms with Crippen molar-refractivity contribution in [2.45, 2.75) is 0 Å². The van der Waals surface area contributed by atoms with Crippen molar-refractivity contribution in [1.82, 2.24) is 0 Å². The van der Waals surface area contributed by atoms with Crippen molar-refractivity contribution in [3.63, 3.8) is 0 Å². The molecule has 0 heterocycles.